The number of nitrogens with one attached hydrogen (secondary N) is 1. The van der Waals surface area contributed by atoms with E-state index in [1.165, 1.54) is 53.1 Å². The number of hydrogen-bond acceptors (Lipinski definition) is 8. The van der Waals surface area contributed by atoms with E-state index in [9.17, 15) is 26.4 Å². The number of hydrogen-bond donors (Lipinski definition) is 1. The van der Waals surface area contributed by atoms with Crippen molar-refractivity contribution < 1.29 is 31.2 Å². The van der Waals surface area contributed by atoms with Gasteiger partial charge >= 0.3 is 5.97 Å². The molecule has 10 nitrogen and oxygen atoms in total. The van der Waals surface area contributed by atoms with E-state index in [1.54, 1.807) is 31.2 Å². The quantitative estimate of drug-likeness (QED) is 0.319. The van der Waals surface area contributed by atoms with E-state index in [-0.39, 0.29) is 39.0 Å². The molecule has 3 aromatic carbocycles. The van der Waals surface area contributed by atoms with Gasteiger partial charge in [0.1, 0.15) is 6.54 Å². The number of amides is 1. The first-order valence-corrected chi connectivity index (χ1v) is 15.4. The molecule has 0 aliphatic carbocycles. The second-order valence-corrected chi connectivity index (χ2v) is 12.8. The second-order valence-electron chi connectivity index (χ2n) is 8.09. The monoisotopic (exact) mass is 573 g/mol. The molecule has 13 heteroatoms. The minimum atomic E-state index is -3.87. The van der Waals surface area contributed by atoms with E-state index in [2.05, 4.69) is 9.71 Å². The maximum absolute atomic E-state index is 13.1. The summed E-state index contributed by atoms with van der Waals surface area (Å²) in [6.07, 6.45) is 1.09. The van der Waals surface area contributed by atoms with Crippen LogP contribution in [-0.4, -0.2) is 46.1 Å². The van der Waals surface area contributed by atoms with Gasteiger partial charge < -0.3 is 9.30 Å². The highest BCUT2D eigenvalue weighted by atomic mass is 32.2. The first-order valence-electron chi connectivity index (χ1n) is 11.2. The number of benzene rings is 3. The van der Waals surface area contributed by atoms with E-state index in [4.69, 9.17) is 4.74 Å². The van der Waals surface area contributed by atoms with Gasteiger partial charge in [-0.1, -0.05) is 35.6 Å². The molecule has 0 fully saturated rings. The van der Waals surface area contributed by atoms with Crippen molar-refractivity contribution in [2.75, 3.05) is 17.6 Å². The molecule has 38 heavy (non-hydrogen) atoms. The van der Waals surface area contributed by atoms with Crippen LogP contribution in [0.25, 0.3) is 10.2 Å². The highest BCUT2D eigenvalue weighted by Crippen LogP contribution is 2.23. The molecule has 0 saturated carbocycles. The predicted molar refractivity (Wildman–Crippen MR) is 143 cm³/mol. The van der Waals surface area contributed by atoms with E-state index in [1.807, 2.05) is 0 Å². The molecule has 0 saturated heterocycles. The number of carbonyl (C=O) groups excluding carboxylic acids is 2. The number of sulfone groups is 1. The number of ether oxygens (including phenoxy) is 1. The summed E-state index contributed by atoms with van der Waals surface area (Å²) in [4.78, 5) is 29.8. The van der Waals surface area contributed by atoms with Gasteiger partial charge in [-0.2, -0.15) is 4.99 Å². The molecular formula is C25H23N3O7S3. The van der Waals surface area contributed by atoms with E-state index >= 15 is 0 Å². The van der Waals surface area contributed by atoms with Crippen molar-refractivity contribution in [1.29, 1.82) is 0 Å². The largest absolute Gasteiger partial charge is 0.465 e. The van der Waals surface area contributed by atoms with Crippen LogP contribution in [0, 0.1) is 0 Å². The summed E-state index contributed by atoms with van der Waals surface area (Å²) in [5, 5.41) is 0. The topological polar surface area (TPSA) is 141 Å². The van der Waals surface area contributed by atoms with Crippen molar-refractivity contribution in [3.63, 3.8) is 0 Å². The number of fused-ring (bicyclic) bond motifs is 1. The van der Waals surface area contributed by atoms with E-state index in [0.29, 0.717) is 10.2 Å². The number of thiazole rings is 1. The first kappa shape index (κ1) is 27.2. The first-order chi connectivity index (χ1) is 18.0. The van der Waals surface area contributed by atoms with Crippen molar-refractivity contribution in [3.05, 3.63) is 83.2 Å². The van der Waals surface area contributed by atoms with Crippen LogP contribution in [-0.2, 0) is 35.9 Å². The summed E-state index contributed by atoms with van der Waals surface area (Å²) in [6.45, 7) is 1.59. The summed E-state index contributed by atoms with van der Waals surface area (Å²) in [5.74, 6) is -1.23. The average molecular weight is 574 g/mol. The van der Waals surface area contributed by atoms with Crippen LogP contribution in [0.5, 0.6) is 0 Å². The third kappa shape index (κ3) is 6.18. The number of rotatable bonds is 8. The minimum absolute atomic E-state index is 0.0696. The number of sulfonamides is 1. The molecule has 0 atom stereocenters. The zero-order valence-corrected chi connectivity index (χ0v) is 22.8. The second kappa shape index (κ2) is 10.9. The molecular weight excluding hydrogens is 550 g/mol. The molecule has 0 spiro atoms. The Bertz CT molecular complexity index is 1810. The molecule has 1 heterocycles. The predicted octanol–water partition coefficient (Wildman–Crippen LogP) is 3.21. The highest BCUT2D eigenvalue weighted by Gasteiger charge is 2.17. The van der Waals surface area contributed by atoms with Crippen LogP contribution < -0.4 is 9.52 Å². The lowest BCUT2D eigenvalue weighted by molar-refractivity contribution is -0.143. The number of anilines is 1. The van der Waals surface area contributed by atoms with Crippen LogP contribution in [0.1, 0.15) is 17.3 Å². The molecule has 0 bridgehead atoms. The summed E-state index contributed by atoms with van der Waals surface area (Å²) >= 11 is 1.04. The van der Waals surface area contributed by atoms with Gasteiger partial charge in [0.15, 0.2) is 14.6 Å². The van der Waals surface area contributed by atoms with Crippen LogP contribution in [0.3, 0.4) is 0 Å². The van der Waals surface area contributed by atoms with Crippen molar-refractivity contribution >= 4 is 59.0 Å². The molecule has 4 aromatic rings. The number of carbonyl (C=O) groups is 2. The Morgan fingerprint density at radius 1 is 0.947 bits per heavy atom. The van der Waals surface area contributed by atoms with Gasteiger partial charge in [0.25, 0.3) is 15.9 Å². The number of esters is 1. The summed E-state index contributed by atoms with van der Waals surface area (Å²) in [7, 11) is -7.35. The molecule has 1 aromatic heterocycles. The zero-order chi connectivity index (χ0) is 27.5. The van der Waals surface area contributed by atoms with E-state index < -0.39 is 31.7 Å². The Kier molecular flexibility index (Phi) is 7.81. The van der Waals surface area contributed by atoms with Gasteiger partial charge in [-0.25, -0.2) is 16.8 Å². The molecule has 198 valence electrons. The maximum Gasteiger partial charge on any atom is 0.326 e. The summed E-state index contributed by atoms with van der Waals surface area (Å²) in [6, 6.07) is 18.1. The Morgan fingerprint density at radius 2 is 1.68 bits per heavy atom. The third-order valence-electron chi connectivity index (χ3n) is 5.29. The number of nitrogens with zero attached hydrogens (tertiary/aromatic N) is 2. The maximum atomic E-state index is 13.1. The smallest absolute Gasteiger partial charge is 0.326 e. The normalized spacial score (nSPS) is 12.4. The molecule has 1 N–H and O–H groups in total. The fraction of sp³-hybridized carbons (Fsp3) is 0.160. The Balaban J connectivity index is 1.73. The highest BCUT2D eigenvalue weighted by molar-refractivity contribution is 7.92. The van der Waals surface area contributed by atoms with Gasteiger partial charge in [-0.05, 0) is 55.5 Å². The van der Waals surface area contributed by atoms with Gasteiger partial charge in [-0.3, -0.25) is 14.3 Å². The molecule has 0 radical (unpaired) electrons. The summed E-state index contributed by atoms with van der Waals surface area (Å²) < 4.78 is 58.8. The lowest BCUT2D eigenvalue weighted by atomic mass is 10.2. The van der Waals surface area contributed by atoms with Gasteiger partial charge in [0.05, 0.1) is 26.6 Å². The number of aromatic nitrogens is 1. The fourth-order valence-electron chi connectivity index (χ4n) is 3.54. The van der Waals surface area contributed by atoms with Gasteiger partial charge in [0, 0.05) is 17.5 Å². The van der Waals surface area contributed by atoms with Crippen LogP contribution in [0.2, 0.25) is 0 Å². The minimum Gasteiger partial charge on any atom is -0.465 e. The van der Waals surface area contributed by atoms with Crippen LogP contribution in [0.15, 0.2) is 87.6 Å². The van der Waals surface area contributed by atoms with Gasteiger partial charge in [-0.15, -0.1) is 0 Å². The zero-order valence-electron chi connectivity index (χ0n) is 20.3. The van der Waals surface area contributed by atoms with Crippen molar-refractivity contribution in [3.8, 4) is 0 Å². The Morgan fingerprint density at radius 3 is 2.37 bits per heavy atom. The Hall–Kier alpha value is -3.81. The van der Waals surface area contributed by atoms with E-state index in [0.717, 1.165) is 17.6 Å². The standard InChI is InChI=1S/C25H23N3O7S3/c1-3-35-23(29)16-28-21-13-12-20(37(2,31)32)15-22(21)36-25(28)26-24(30)17-8-7-9-18(14-17)27-38(33,34)19-10-5-4-6-11-19/h4-15,27H,3,16H2,1-2H3. The fourth-order valence-corrected chi connectivity index (χ4v) is 6.40. The van der Waals surface area contributed by atoms with Gasteiger partial charge in [0.2, 0.25) is 0 Å². The average Bonchev–Trinajstić information content (AvgIpc) is 3.20. The van der Waals surface area contributed by atoms with Crippen molar-refractivity contribution in [2.45, 2.75) is 23.3 Å². The third-order valence-corrected chi connectivity index (χ3v) is 8.84. The lowest BCUT2D eigenvalue weighted by Gasteiger charge is -2.08. The molecule has 0 aliphatic rings. The molecule has 0 unspecified atom stereocenters. The van der Waals surface area contributed by atoms with Crippen LogP contribution >= 0.6 is 11.3 Å². The van der Waals surface area contributed by atoms with Crippen LogP contribution in [0.4, 0.5) is 5.69 Å². The van der Waals surface area contributed by atoms with Crippen molar-refractivity contribution in [1.82, 2.24) is 4.57 Å². The lowest BCUT2D eigenvalue weighted by Crippen LogP contribution is -2.23. The molecule has 4 rings (SSSR count). The molecule has 0 aliphatic heterocycles. The summed E-state index contributed by atoms with van der Waals surface area (Å²) in [5.41, 5.74) is 0.782. The Labute approximate surface area is 223 Å². The van der Waals surface area contributed by atoms with Crippen molar-refractivity contribution in [2.24, 2.45) is 4.99 Å². The molecule has 1 amide bonds. The SMILES string of the molecule is CCOC(=O)Cn1c(=NC(=O)c2cccc(NS(=O)(=O)c3ccccc3)c2)sc2cc(S(C)(=O)=O)ccc21.